The predicted molar refractivity (Wildman–Crippen MR) is 85.8 cm³/mol. The molecule has 19 heavy (non-hydrogen) atoms. The van der Waals surface area contributed by atoms with Crippen LogP contribution in [-0.4, -0.2) is 7.11 Å². The Morgan fingerprint density at radius 1 is 1.26 bits per heavy atom. The standard InChI is InChI=1S/C13H12BrCl2NOS/c1-6-3-11(19-13(6)14)12(17)7-4-9(16)10(18-2)5-8(7)15/h3-5,12H,17H2,1-2H3. The third kappa shape index (κ3) is 3.09. The largest absolute Gasteiger partial charge is 0.495 e. The molecular weight excluding hydrogens is 369 g/mol. The molecule has 0 aliphatic carbocycles. The van der Waals surface area contributed by atoms with Crippen molar-refractivity contribution in [3.8, 4) is 5.75 Å². The van der Waals surface area contributed by atoms with E-state index in [9.17, 15) is 0 Å². The van der Waals surface area contributed by atoms with Gasteiger partial charge in [-0.25, -0.2) is 0 Å². The van der Waals surface area contributed by atoms with E-state index in [0.717, 1.165) is 19.8 Å². The molecule has 6 heteroatoms. The average Bonchev–Trinajstić information content (AvgIpc) is 2.71. The van der Waals surface area contributed by atoms with E-state index >= 15 is 0 Å². The van der Waals surface area contributed by atoms with Crippen molar-refractivity contribution in [2.45, 2.75) is 13.0 Å². The van der Waals surface area contributed by atoms with Gasteiger partial charge in [0.2, 0.25) is 0 Å². The van der Waals surface area contributed by atoms with E-state index in [2.05, 4.69) is 15.9 Å². The van der Waals surface area contributed by atoms with Gasteiger partial charge in [0, 0.05) is 16.0 Å². The zero-order valence-corrected chi connectivity index (χ0v) is 14.3. The van der Waals surface area contributed by atoms with E-state index in [1.54, 1.807) is 30.6 Å². The summed E-state index contributed by atoms with van der Waals surface area (Å²) in [6.07, 6.45) is 0. The Bertz CT molecular complexity index is 595. The number of methoxy groups -OCH3 is 1. The minimum absolute atomic E-state index is 0.300. The summed E-state index contributed by atoms with van der Waals surface area (Å²) >= 11 is 17.5. The molecule has 0 radical (unpaired) electrons. The number of halogens is 3. The molecule has 1 atom stereocenters. The molecule has 2 nitrogen and oxygen atoms in total. The van der Waals surface area contributed by atoms with Crippen molar-refractivity contribution in [2.75, 3.05) is 7.11 Å². The number of thiophene rings is 1. The lowest BCUT2D eigenvalue weighted by molar-refractivity contribution is 0.415. The van der Waals surface area contributed by atoms with Crippen LogP contribution in [0.15, 0.2) is 22.0 Å². The number of ether oxygens (including phenoxy) is 1. The van der Waals surface area contributed by atoms with Crippen LogP contribution in [0.5, 0.6) is 5.75 Å². The van der Waals surface area contributed by atoms with E-state index in [-0.39, 0.29) is 6.04 Å². The molecule has 0 amide bonds. The number of nitrogens with two attached hydrogens (primary N) is 1. The highest BCUT2D eigenvalue weighted by atomic mass is 79.9. The molecule has 2 N–H and O–H groups in total. The van der Waals surface area contributed by atoms with Gasteiger partial charge in [-0.15, -0.1) is 11.3 Å². The van der Waals surface area contributed by atoms with E-state index < -0.39 is 0 Å². The van der Waals surface area contributed by atoms with Gasteiger partial charge in [0.1, 0.15) is 5.75 Å². The topological polar surface area (TPSA) is 35.2 Å². The predicted octanol–water partition coefficient (Wildman–Crippen LogP) is 5.18. The maximum absolute atomic E-state index is 6.27. The zero-order valence-electron chi connectivity index (χ0n) is 10.3. The van der Waals surface area contributed by atoms with Crippen LogP contribution in [-0.2, 0) is 0 Å². The number of hydrogen-bond donors (Lipinski definition) is 1. The Morgan fingerprint density at radius 2 is 1.95 bits per heavy atom. The van der Waals surface area contributed by atoms with E-state index in [1.165, 1.54) is 0 Å². The molecule has 0 fully saturated rings. The van der Waals surface area contributed by atoms with Crippen LogP contribution in [0.2, 0.25) is 10.0 Å². The summed E-state index contributed by atoms with van der Waals surface area (Å²) in [7, 11) is 1.55. The van der Waals surface area contributed by atoms with Crippen LogP contribution in [0.1, 0.15) is 22.0 Å². The molecule has 0 saturated carbocycles. The monoisotopic (exact) mass is 379 g/mol. The second-order valence-corrected chi connectivity index (χ2v) is 7.31. The van der Waals surface area contributed by atoms with Crippen molar-refractivity contribution in [1.29, 1.82) is 0 Å². The second kappa shape index (κ2) is 6.02. The van der Waals surface area contributed by atoms with Gasteiger partial charge in [-0.05, 0) is 46.1 Å². The number of aryl methyl sites for hydroxylation is 1. The maximum Gasteiger partial charge on any atom is 0.138 e. The van der Waals surface area contributed by atoms with Crippen LogP contribution in [0, 0.1) is 6.92 Å². The third-order valence-electron chi connectivity index (χ3n) is 2.79. The molecule has 0 saturated heterocycles. The molecule has 1 heterocycles. The summed E-state index contributed by atoms with van der Waals surface area (Å²) in [5, 5.41) is 1.06. The van der Waals surface area contributed by atoms with Gasteiger partial charge >= 0.3 is 0 Å². The Kier molecular flexibility index (Phi) is 4.79. The molecule has 2 aromatic rings. The second-order valence-electron chi connectivity index (χ2n) is 4.09. The van der Waals surface area contributed by atoms with Gasteiger partial charge < -0.3 is 10.5 Å². The number of hydrogen-bond acceptors (Lipinski definition) is 3. The molecule has 0 spiro atoms. The first-order chi connectivity index (χ1) is 8.93. The van der Waals surface area contributed by atoms with Crippen molar-refractivity contribution in [3.63, 3.8) is 0 Å². The molecule has 1 unspecified atom stereocenters. The maximum atomic E-state index is 6.27. The fourth-order valence-corrected chi connectivity index (χ4v) is 3.84. The third-order valence-corrected chi connectivity index (χ3v) is 5.63. The first-order valence-electron chi connectivity index (χ1n) is 5.48. The summed E-state index contributed by atoms with van der Waals surface area (Å²) in [4.78, 5) is 1.03. The fourth-order valence-electron chi connectivity index (χ4n) is 1.73. The quantitative estimate of drug-likeness (QED) is 0.795. The highest BCUT2D eigenvalue weighted by molar-refractivity contribution is 9.11. The Hall–Kier alpha value is -0.260. The highest BCUT2D eigenvalue weighted by Gasteiger charge is 2.18. The van der Waals surface area contributed by atoms with Crippen LogP contribution in [0.25, 0.3) is 0 Å². The molecule has 0 bridgehead atoms. The van der Waals surface area contributed by atoms with Crippen molar-refractivity contribution in [2.24, 2.45) is 5.73 Å². The molecule has 2 rings (SSSR count). The fraction of sp³-hybridized carbons (Fsp3) is 0.231. The van der Waals surface area contributed by atoms with Crippen molar-refractivity contribution < 1.29 is 4.74 Å². The molecule has 1 aromatic heterocycles. The minimum atomic E-state index is -0.300. The van der Waals surface area contributed by atoms with Crippen LogP contribution < -0.4 is 10.5 Å². The lowest BCUT2D eigenvalue weighted by Gasteiger charge is -2.14. The minimum Gasteiger partial charge on any atom is -0.495 e. The molecule has 1 aromatic carbocycles. The van der Waals surface area contributed by atoms with Crippen LogP contribution >= 0.6 is 50.5 Å². The van der Waals surface area contributed by atoms with Gasteiger partial charge in [-0.1, -0.05) is 23.2 Å². The van der Waals surface area contributed by atoms with Crippen LogP contribution in [0.3, 0.4) is 0 Å². The van der Waals surface area contributed by atoms with Gasteiger partial charge in [-0.3, -0.25) is 0 Å². The first kappa shape index (κ1) is 15.1. The summed E-state index contributed by atoms with van der Waals surface area (Å²) in [6, 6.07) is 5.20. The zero-order chi connectivity index (χ0) is 14.2. The first-order valence-corrected chi connectivity index (χ1v) is 7.85. The number of rotatable bonds is 3. The van der Waals surface area contributed by atoms with Crippen LogP contribution in [0.4, 0.5) is 0 Å². The molecule has 102 valence electrons. The number of benzene rings is 1. The molecular formula is C13H12BrCl2NOS. The van der Waals surface area contributed by atoms with Gasteiger partial charge in [0.15, 0.2) is 0 Å². The Balaban J connectivity index is 2.44. The normalized spacial score (nSPS) is 12.5. The highest BCUT2D eigenvalue weighted by Crippen LogP contribution is 2.38. The van der Waals surface area contributed by atoms with Gasteiger partial charge in [-0.2, -0.15) is 0 Å². The Morgan fingerprint density at radius 3 is 2.47 bits per heavy atom. The lowest BCUT2D eigenvalue weighted by Crippen LogP contribution is -2.11. The van der Waals surface area contributed by atoms with E-state index in [0.29, 0.717) is 15.8 Å². The van der Waals surface area contributed by atoms with E-state index in [4.69, 9.17) is 33.7 Å². The SMILES string of the molecule is COc1cc(Cl)c(C(N)c2cc(C)c(Br)s2)cc1Cl. The van der Waals surface area contributed by atoms with Gasteiger partial charge in [0.25, 0.3) is 0 Å². The summed E-state index contributed by atoms with van der Waals surface area (Å²) in [5.74, 6) is 0.547. The molecule has 0 aliphatic heterocycles. The lowest BCUT2D eigenvalue weighted by atomic mass is 10.1. The van der Waals surface area contributed by atoms with Gasteiger partial charge in [0.05, 0.1) is 22.0 Å². The summed E-state index contributed by atoms with van der Waals surface area (Å²) in [6.45, 7) is 2.03. The van der Waals surface area contributed by atoms with Crippen molar-refractivity contribution in [3.05, 3.63) is 48.0 Å². The smallest absolute Gasteiger partial charge is 0.138 e. The summed E-state index contributed by atoms with van der Waals surface area (Å²) < 4.78 is 6.20. The summed E-state index contributed by atoms with van der Waals surface area (Å²) in [5.41, 5.74) is 8.22. The van der Waals surface area contributed by atoms with E-state index in [1.807, 2.05) is 13.0 Å². The van der Waals surface area contributed by atoms with Crippen molar-refractivity contribution >= 4 is 50.5 Å². The Labute approximate surface area is 134 Å². The van der Waals surface area contributed by atoms with Crippen molar-refractivity contribution in [1.82, 2.24) is 0 Å². The average molecular weight is 381 g/mol. The molecule has 0 aliphatic rings.